The molecule has 2 unspecified atom stereocenters. The van der Waals surface area contributed by atoms with E-state index in [9.17, 15) is 4.79 Å². The quantitative estimate of drug-likeness (QED) is 0.254. The molecule has 0 spiro atoms. The zero-order valence-corrected chi connectivity index (χ0v) is 23.0. The average Bonchev–Trinajstić information content (AvgIpc) is 2.77. The van der Waals surface area contributed by atoms with Crippen molar-refractivity contribution < 1.29 is 9.53 Å². The summed E-state index contributed by atoms with van der Waals surface area (Å²) in [6.07, 6.45) is 1.39. The number of ether oxygens (including phenoxy) is 1. The molecule has 0 bridgehead atoms. The highest BCUT2D eigenvalue weighted by molar-refractivity contribution is 7.81. The first kappa shape index (κ1) is 28.2. The molecule has 0 saturated carbocycles. The summed E-state index contributed by atoms with van der Waals surface area (Å²) in [5, 5.41) is 0.155. The normalized spacial score (nSPS) is 13.1. The number of hydrogen-bond acceptors (Lipinski definition) is 6. The number of rotatable bonds is 12. The predicted octanol–water partition coefficient (Wildman–Crippen LogP) is 6.57. The summed E-state index contributed by atoms with van der Waals surface area (Å²) in [5.41, 5.74) is 1.74. The fraction of sp³-hybridized carbons (Fsp3) is 0.519. The molecule has 2 rings (SSSR count). The Hall–Kier alpha value is -1.99. The molecule has 0 saturated heterocycles. The molecule has 0 N–H and O–H groups in total. The Morgan fingerprint density at radius 1 is 0.765 bits per heavy atom. The third-order valence-corrected chi connectivity index (χ3v) is 5.94. The summed E-state index contributed by atoms with van der Waals surface area (Å²) in [5.74, 6) is 0. The van der Waals surface area contributed by atoms with E-state index in [2.05, 4.69) is 73.2 Å². The Morgan fingerprint density at radius 2 is 1.15 bits per heavy atom. The van der Waals surface area contributed by atoms with Gasteiger partial charge in [0.25, 0.3) is 0 Å². The summed E-state index contributed by atoms with van der Waals surface area (Å²) >= 11 is 9.33. The van der Waals surface area contributed by atoms with Crippen LogP contribution in [-0.2, 0) is 4.74 Å². The Kier molecular flexibility index (Phi) is 11.5. The summed E-state index contributed by atoms with van der Waals surface area (Å²) in [7, 11) is 0. The molecule has 2 atom stereocenters. The van der Waals surface area contributed by atoms with Crippen molar-refractivity contribution in [2.45, 2.75) is 63.8 Å². The molecule has 2 aromatic carbocycles. The van der Waals surface area contributed by atoms with Crippen molar-refractivity contribution in [3.63, 3.8) is 0 Å². The minimum atomic E-state index is -0.527. The van der Waals surface area contributed by atoms with Crippen molar-refractivity contribution in [3.05, 3.63) is 60.7 Å². The smallest absolute Gasteiger partial charge is 0.410 e. The van der Waals surface area contributed by atoms with Gasteiger partial charge in [0.15, 0.2) is 0 Å². The van der Waals surface area contributed by atoms with E-state index in [0.717, 1.165) is 37.3 Å². The molecule has 1 amide bonds. The van der Waals surface area contributed by atoms with Gasteiger partial charge in [-0.05, 0) is 71.7 Å². The van der Waals surface area contributed by atoms with Gasteiger partial charge in [-0.3, -0.25) is 0 Å². The maximum absolute atomic E-state index is 13.0. The minimum Gasteiger partial charge on any atom is -0.444 e. The van der Waals surface area contributed by atoms with Crippen LogP contribution in [0.2, 0.25) is 0 Å². The first-order valence-corrected chi connectivity index (χ1v) is 13.1. The van der Waals surface area contributed by atoms with Gasteiger partial charge in [-0.15, -0.1) is 0 Å². The lowest BCUT2D eigenvalue weighted by Crippen LogP contribution is -2.41. The third kappa shape index (κ3) is 9.71. The molecule has 5 nitrogen and oxygen atoms in total. The van der Waals surface area contributed by atoms with Crippen LogP contribution in [-0.4, -0.2) is 53.5 Å². The molecule has 0 aliphatic heterocycles. The molecule has 0 heterocycles. The highest BCUT2D eigenvalue weighted by atomic mass is 32.1. The van der Waals surface area contributed by atoms with Crippen LogP contribution in [0.15, 0.2) is 60.7 Å². The van der Waals surface area contributed by atoms with E-state index < -0.39 is 5.60 Å². The molecule has 34 heavy (non-hydrogen) atoms. The van der Waals surface area contributed by atoms with E-state index in [1.54, 1.807) is 0 Å². The largest absolute Gasteiger partial charge is 0.444 e. The zero-order valence-electron chi connectivity index (χ0n) is 21.2. The zero-order chi connectivity index (χ0) is 25.1. The van der Waals surface area contributed by atoms with Gasteiger partial charge in [-0.2, -0.15) is 25.3 Å². The Balaban J connectivity index is 2.01. The summed E-state index contributed by atoms with van der Waals surface area (Å²) in [6.45, 7) is 12.7. The highest BCUT2D eigenvalue weighted by Crippen LogP contribution is 2.20. The maximum atomic E-state index is 13.0. The molecule has 2 aromatic rings. The molecular formula is C27H41N3O2S2. The molecule has 7 heteroatoms. The lowest BCUT2D eigenvalue weighted by molar-refractivity contribution is 0.0247. The number of thiol groups is 2. The second kappa shape index (κ2) is 13.8. The van der Waals surface area contributed by atoms with E-state index in [1.807, 2.05) is 62.1 Å². The van der Waals surface area contributed by atoms with E-state index in [1.165, 1.54) is 0 Å². The molecule has 0 aliphatic rings. The maximum Gasteiger partial charge on any atom is 0.410 e. The molecule has 0 aromatic heterocycles. The van der Waals surface area contributed by atoms with E-state index in [4.69, 9.17) is 4.74 Å². The Morgan fingerprint density at radius 3 is 1.47 bits per heavy atom. The van der Waals surface area contributed by atoms with Crippen LogP contribution < -0.4 is 9.80 Å². The van der Waals surface area contributed by atoms with E-state index in [-0.39, 0.29) is 16.8 Å². The molecular weight excluding hydrogens is 462 g/mol. The monoisotopic (exact) mass is 503 g/mol. The number of carbonyl (C=O) groups excluding carboxylic acids is 1. The van der Waals surface area contributed by atoms with Crippen LogP contribution in [0.3, 0.4) is 0 Å². The SMILES string of the molecule is CC(S)N(CCCN(CCCN(c1ccccc1)C(C)S)C(=O)OC(C)(C)C)c1ccccc1. The van der Waals surface area contributed by atoms with Crippen LogP contribution in [0.4, 0.5) is 16.2 Å². The lowest BCUT2D eigenvalue weighted by atomic mass is 10.2. The molecule has 188 valence electrons. The van der Waals surface area contributed by atoms with E-state index >= 15 is 0 Å². The van der Waals surface area contributed by atoms with Crippen molar-refractivity contribution in [2.75, 3.05) is 36.0 Å². The fourth-order valence-electron chi connectivity index (χ4n) is 3.79. The predicted molar refractivity (Wildman–Crippen MR) is 152 cm³/mol. The van der Waals surface area contributed by atoms with E-state index in [0.29, 0.717) is 13.1 Å². The number of benzene rings is 2. The first-order valence-electron chi connectivity index (χ1n) is 12.1. The molecule has 0 fully saturated rings. The number of carbonyl (C=O) groups is 1. The van der Waals surface area contributed by atoms with Crippen LogP contribution in [0.25, 0.3) is 0 Å². The van der Waals surface area contributed by atoms with Crippen LogP contribution in [0.5, 0.6) is 0 Å². The number of para-hydroxylation sites is 2. The number of nitrogens with zero attached hydrogens (tertiary/aromatic N) is 3. The fourth-order valence-corrected chi connectivity index (χ4v) is 4.28. The summed E-state index contributed by atoms with van der Waals surface area (Å²) < 4.78 is 5.71. The average molecular weight is 504 g/mol. The van der Waals surface area contributed by atoms with Gasteiger partial charge < -0.3 is 19.4 Å². The Bertz CT molecular complexity index is 784. The molecule has 0 radical (unpaired) electrons. The third-order valence-electron chi connectivity index (χ3n) is 5.38. The van der Waals surface area contributed by atoms with Gasteiger partial charge in [0.1, 0.15) is 5.60 Å². The van der Waals surface area contributed by atoms with Crippen molar-refractivity contribution in [3.8, 4) is 0 Å². The number of anilines is 2. The van der Waals surface area contributed by atoms with Crippen molar-refractivity contribution >= 4 is 42.7 Å². The van der Waals surface area contributed by atoms with Crippen LogP contribution in [0, 0.1) is 0 Å². The van der Waals surface area contributed by atoms with Gasteiger partial charge in [0, 0.05) is 37.6 Å². The van der Waals surface area contributed by atoms with Gasteiger partial charge in [0.05, 0.1) is 10.7 Å². The van der Waals surface area contributed by atoms with Crippen molar-refractivity contribution in [2.24, 2.45) is 0 Å². The minimum absolute atomic E-state index is 0.0775. The standard InChI is InChI=1S/C27H41N3O2S2/c1-22(33)29(24-14-8-6-9-15-24)20-12-18-28(26(31)32-27(3,4)5)19-13-21-30(23(2)34)25-16-10-7-11-17-25/h6-11,14-17,22-23,33-34H,12-13,18-21H2,1-5H3. The van der Waals surface area contributed by atoms with Gasteiger partial charge >= 0.3 is 6.09 Å². The van der Waals surface area contributed by atoms with Gasteiger partial charge in [0.2, 0.25) is 0 Å². The Labute approximate surface area is 217 Å². The van der Waals surface area contributed by atoms with Crippen LogP contribution >= 0.6 is 25.3 Å². The number of hydrogen-bond donors (Lipinski definition) is 2. The van der Waals surface area contributed by atoms with Crippen molar-refractivity contribution in [1.82, 2.24) is 4.90 Å². The summed E-state index contributed by atoms with van der Waals surface area (Å²) in [4.78, 5) is 19.3. The summed E-state index contributed by atoms with van der Waals surface area (Å²) in [6, 6.07) is 20.5. The first-order chi connectivity index (χ1) is 16.1. The van der Waals surface area contributed by atoms with Crippen LogP contribution in [0.1, 0.15) is 47.5 Å². The highest BCUT2D eigenvalue weighted by Gasteiger charge is 2.23. The lowest BCUT2D eigenvalue weighted by Gasteiger charge is -2.32. The van der Waals surface area contributed by atoms with Crippen molar-refractivity contribution in [1.29, 1.82) is 0 Å². The van der Waals surface area contributed by atoms with Gasteiger partial charge in [-0.1, -0.05) is 36.4 Å². The molecule has 0 aliphatic carbocycles. The van der Waals surface area contributed by atoms with Gasteiger partial charge in [-0.25, -0.2) is 4.79 Å². The second-order valence-electron chi connectivity index (χ2n) is 9.50. The second-order valence-corrected chi connectivity index (χ2v) is 11.0. The number of amides is 1. The topological polar surface area (TPSA) is 36.0 Å².